The molecule has 0 saturated carbocycles. The molecule has 2 nitrogen and oxygen atoms in total. The number of aliphatic hydroxyl groups is 1. The van der Waals surface area contributed by atoms with E-state index in [1.165, 1.54) is 11.3 Å². The van der Waals surface area contributed by atoms with Crippen molar-refractivity contribution in [3.8, 4) is 0 Å². The third kappa shape index (κ3) is 2.48. The molecule has 1 N–H and O–H groups in total. The van der Waals surface area contributed by atoms with Gasteiger partial charge in [0.25, 0.3) is 0 Å². The van der Waals surface area contributed by atoms with Gasteiger partial charge in [0.15, 0.2) is 0 Å². The molecule has 4 heteroatoms. The predicted octanol–water partition coefficient (Wildman–Crippen LogP) is 3.89. The van der Waals surface area contributed by atoms with E-state index in [0.717, 1.165) is 26.3 Å². The first-order chi connectivity index (χ1) is 7.56. The van der Waals surface area contributed by atoms with E-state index >= 15 is 0 Å². The number of hydrogen-bond acceptors (Lipinski definition) is 3. The van der Waals surface area contributed by atoms with Crippen LogP contribution in [0.1, 0.15) is 28.1 Å². The van der Waals surface area contributed by atoms with E-state index in [9.17, 15) is 5.11 Å². The molecule has 1 unspecified atom stereocenters. The Morgan fingerprint density at radius 3 is 2.69 bits per heavy atom. The summed E-state index contributed by atoms with van der Waals surface area (Å²) in [5.74, 6) is 1.61. The number of halogens is 1. The first-order valence-electron chi connectivity index (χ1n) is 5.05. The van der Waals surface area contributed by atoms with Gasteiger partial charge in [-0.1, -0.05) is 11.6 Å². The average Bonchev–Trinajstić information content (AvgIpc) is 2.73. The Bertz CT molecular complexity index is 487. The van der Waals surface area contributed by atoms with E-state index in [1.54, 1.807) is 0 Å². The highest BCUT2D eigenvalue weighted by Gasteiger charge is 2.15. The lowest BCUT2D eigenvalue weighted by atomic mass is 10.1. The van der Waals surface area contributed by atoms with Gasteiger partial charge in [-0.15, -0.1) is 11.3 Å². The summed E-state index contributed by atoms with van der Waals surface area (Å²) in [6, 6.07) is 5.68. The molecule has 1 atom stereocenters. The molecule has 2 aromatic rings. The Kier molecular flexibility index (Phi) is 3.38. The van der Waals surface area contributed by atoms with Crippen molar-refractivity contribution in [2.45, 2.75) is 26.4 Å². The van der Waals surface area contributed by atoms with Gasteiger partial charge >= 0.3 is 0 Å². The van der Waals surface area contributed by atoms with Crippen molar-refractivity contribution in [3.63, 3.8) is 0 Å². The zero-order chi connectivity index (χ0) is 11.7. The Morgan fingerprint density at radius 1 is 1.44 bits per heavy atom. The summed E-state index contributed by atoms with van der Waals surface area (Å²) < 4.78 is 6.15. The maximum absolute atomic E-state index is 10.1. The smallest absolute Gasteiger partial charge is 0.106 e. The van der Waals surface area contributed by atoms with Crippen LogP contribution >= 0.6 is 22.9 Å². The second kappa shape index (κ2) is 4.62. The van der Waals surface area contributed by atoms with Crippen LogP contribution in [0.25, 0.3) is 0 Å². The molecule has 0 aliphatic heterocycles. The summed E-state index contributed by atoms with van der Waals surface area (Å²) >= 11 is 7.34. The maximum atomic E-state index is 10.1. The monoisotopic (exact) mass is 256 g/mol. The first kappa shape index (κ1) is 11.7. The van der Waals surface area contributed by atoms with Gasteiger partial charge in [0.05, 0.1) is 10.4 Å². The van der Waals surface area contributed by atoms with Crippen LogP contribution < -0.4 is 0 Å². The Hall–Kier alpha value is -0.770. The quantitative estimate of drug-likeness (QED) is 0.904. The highest BCUT2D eigenvalue weighted by atomic mass is 35.5. The van der Waals surface area contributed by atoms with E-state index in [0.29, 0.717) is 6.42 Å². The fraction of sp³-hybridized carbons (Fsp3) is 0.333. The molecule has 0 radical (unpaired) electrons. The van der Waals surface area contributed by atoms with Crippen molar-refractivity contribution in [3.05, 3.63) is 44.5 Å². The minimum absolute atomic E-state index is 0.521. The molecule has 2 heterocycles. The summed E-state index contributed by atoms with van der Waals surface area (Å²) in [6.07, 6.45) is 0.0594. The predicted molar refractivity (Wildman–Crippen MR) is 66.2 cm³/mol. The van der Waals surface area contributed by atoms with Gasteiger partial charge < -0.3 is 9.52 Å². The lowest BCUT2D eigenvalue weighted by Gasteiger charge is -2.07. The van der Waals surface area contributed by atoms with E-state index < -0.39 is 6.10 Å². The van der Waals surface area contributed by atoms with Gasteiger partial charge in [-0.2, -0.15) is 0 Å². The molecular formula is C12H13ClO2S. The topological polar surface area (TPSA) is 33.4 Å². The highest BCUT2D eigenvalue weighted by molar-refractivity contribution is 7.16. The van der Waals surface area contributed by atoms with E-state index in [2.05, 4.69) is 0 Å². The van der Waals surface area contributed by atoms with E-state index in [-0.39, 0.29) is 0 Å². The van der Waals surface area contributed by atoms with Crippen LogP contribution in [0, 0.1) is 13.8 Å². The molecule has 2 aromatic heterocycles. The van der Waals surface area contributed by atoms with Crippen molar-refractivity contribution >= 4 is 22.9 Å². The van der Waals surface area contributed by atoms with E-state index in [4.69, 9.17) is 16.0 Å². The van der Waals surface area contributed by atoms with Gasteiger partial charge in [-0.3, -0.25) is 0 Å². The lowest BCUT2D eigenvalue weighted by Crippen LogP contribution is -2.00. The molecule has 2 rings (SSSR count). The number of aliphatic hydroxyl groups excluding tert-OH is 1. The number of aryl methyl sites for hydroxylation is 2. The summed E-state index contributed by atoms with van der Waals surface area (Å²) in [5, 5.41) is 10.1. The Balaban J connectivity index is 2.14. The van der Waals surface area contributed by atoms with Gasteiger partial charge in [-0.05, 0) is 32.0 Å². The van der Waals surface area contributed by atoms with Crippen LogP contribution in [0.2, 0.25) is 4.34 Å². The number of thiophene rings is 1. The fourth-order valence-electron chi connectivity index (χ4n) is 1.74. The molecule has 0 bridgehead atoms. The fourth-order valence-corrected chi connectivity index (χ4v) is 2.87. The van der Waals surface area contributed by atoms with Crippen molar-refractivity contribution in [2.24, 2.45) is 0 Å². The van der Waals surface area contributed by atoms with Crippen molar-refractivity contribution < 1.29 is 9.52 Å². The molecule has 16 heavy (non-hydrogen) atoms. The van der Waals surface area contributed by atoms with Crippen molar-refractivity contribution in [1.82, 2.24) is 0 Å². The van der Waals surface area contributed by atoms with Crippen LogP contribution in [-0.2, 0) is 6.42 Å². The molecule has 0 aliphatic rings. The summed E-state index contributed by atoms with van der Waals surface area (Å²) in [5.41, 5.74) is 0.863. The summed E-state index contributed by atoms with van der Waals surface area (Å²) in [7, 11) is 0. The van der Waals surface area contributed by atoms with Crippen LogP contribution in [-0.4, -0.2) is 5.11 Å². The second-order valence-electron chi connectivity index (χ2n) is 3.79. The SMILES string of the molecule is Cc1cc(C(O)Cc2ccc(Cl)s2)c(C)o1. The molecule has 0 aromatic carbocycles. The van der Waals surface area contributed by atoms with Gasteiger partial charge in [0.2, 0.25) is 0 Å². The van der Waals surface area contributed by atoms with Crippen molar-refractivity contribution in [2.75, 3.05) is 0 Å². The zero-order valence-electron chi connectivity index (χ0n) is 9.16. The third-order valence-corrected chi connectivity index (χ3v) is 3.72. The third-order valence-electron chi connectivity index (χ3n) is 2.46. The molecule has 86 valence electrons. The molecule has 0 spiro atoms. The highest BCUT2D eigenvalue weighted by Crippen LogP contribution is 2.28. The minimum Gasteiger partial charge on any atom is -0.466 e. The lowest BCUT2D eigenvalue weighted by molar-refractivity contribution is 0.177. The summed E-state index contributed by atoms with van der Waals surface area (Å²) in [6.45, 7) is 3.75. The van der Waals surface area contributed by atoms with Crippen LogP contribution in [0.3, 0.4) is 0 Å². The maximum Gasteiger partial charge on any atom is 0.106 e. The molecule has 0 amide bonds. The standard InChI is InChI=1S/C12H13ClO2S/c1-7-5-10(8(2)15-7)11(14)6-9-3-4-12(13)16-9/h3-5,11,14H,6H2,1-2H3. The van der Waals surface area contributed by atoms with Crippen molar-refractivity contribution in [1.29, 1.82) is 0 Å². The largest absolute Gasteiger partial charge is 0.466 e. The first-order valence-corrected chi connectivity index (χ1v) is 6.25. The molecule has 0 saturated heterocycles. The molecule has 0 aliphatic carbocycles. The van der Waals surface area contributed by atoms with E-state index in [1.807, 2.05) is 32.0 Å². The normalized spacial score (nSPS) is 13.0. The number of rotatable bonds is 3. The summed E-state index contributed by atoms with van der Waals surface area (Å²) in [4.78, 5) is 1.08. The number of furan rings is 1. The number of hydrogen-bond donors (Lipinski definition) is 1. The zero-order valence-corrected chi connectivity index (χ0v) is 10.7. The second-order valence-corrected chi connectivity index (χ2v) is 5.59. The van der Waals surface area contributed by atoms with Gasteiger partial charge in [0.1, 0.15) is 11.5 Å². The Morgan fingerprint density at radius 2 is 2.19 bits per heavy atom. The minimum atomic E-state index is -0.521. The average molecular weight is 257 g/mol. The van der Waals surface area contributed by atoms with Crippen LogP contribution in [0.5, 0.6) is 0 Å². The molecule has 0 fully saturated rings. The van der Waals surface area contributed by atoms with Crippen LogP contribution in [0.4, 0.5) is 0 Å². The van der Waals surface area contributed by atoms with Gasteiger partial charge in [0, 0.05) is 16.9 Å². The molecular weight excluding hydrogens is 244 g/mol. The van der Waals surface area contributed by atoms with Crippen LogP contribution in [0.15, 0.2) is 22.6 Å². The Labute approximate surface area is 103 Å². The van der Waals surface area contributed by atoms with Gasteiger partial charge in [-0.25, -0.2) is 0 Å².